The molecule has 0 bridgehead atoms. The van der Waals surface area contributed by atoms with Gasteiger partial charge in [0.1, 0.15) is 5.82 Å². The van der Waals surface area contributed by atoms with Gasteiger partial charge in [-0.25, -0.2) is 9.97 Å². The Kier molecular flexibility index (Phi) is 5.61. The van der Waals surface area contributed by atoms with E-state index in [4.69, 9.17) is 5.73 Å². The Bertz CT molecular complexity index is 1060. The summed E-state index contributed by atoms with van der Waals surface area (Å²) in [6.07, 6.45) is 4.03. The van der Waals surface area contributed by atoms with Crippen molar-refractivity contribution >= 4 is 16.8 Å². The first-order chi connectivity index (χ1) is 13.6. The number of hydrogen-bond acceptors (Lipinski definition) is 5. The lowest BCUT2D eigenvalue weighted by molar-refractivity contribution is -0.117. The first-order valence-corrected chi connectivity index (χ1v) is 9.27. The maximum absolute atomic E-state index is 14.0. The molecule has 0 radical (unpaired) electrons. The second-order valence-corrected chi connectivity index (χ2v) is 7.38. The Morgan fingerprint density at radius 3 is 2.55 bits per heavy atom. The van der Waals surface area contributed by atoms with Crippen LogP contribution in [0.5, 0.6) is 0 Å². The molecule has 7 nitrogen and oxygen atoms in total. The number of hydrogen-bond donors (Lipinski definition) is 1. The zero-order valence-corrected chi connectivity index (χ0v) is 16.9. The smallest absolute Gasteiger partial charge is 0.303 e. The first-order valence-electron chi connectivity index (χ1n) is 9.27. The Hall–Kier alpha value is -2.94. The van der Waals surface area contributed by atoms with Crippen LogP contribution >= 0.6 is 0 Å². The maximum Gasteiger partial charge on any atom is 0.303 e. The summed E-state index contributed by atoms with van der Waals surface area (Å²) >= 11 is 0. The highest BCUT2D eigenvalue weighted by molar-refractivity contribution is 5.86. The number of amides is 1. The minimum Gasteiger partial charge on any atom is -0.369 e. The van der Waals surface area contributed by atoms with Crippen molar-refractivity contribution in [2.75, 3.05) is 14.1 Å². The van der Waals surface area contributed by atoms with Gasteiger partial charge in [0.25, 0.3) is 0 Å². The lowest BCUT2D eigenvalue weighted by Crippen LogP contribution is -2.16. The summed E-state index contributed by atoms with van der Waals surface area (Å²) in [6.45, 7) is 3.26. The van der Waals surface area contributed by atoms with E-state index >= 15 is 0 Å². The van der Waals surface area contributed by atoms with Gasteiger partial charge in [0, 0.05) is 43.0 Å². The topological polar surface area (TPSA) is 89.9 Å². The molecule has 0 unspecified atom stereocenters. The number of rotatable bonds is 7. The molecule has 0 spiro atoms. The lowest BCUT2D eigenvalue weighted by atomic mass is 10.2. The number of fused-ring (bicyclic) bond motifs is 1. The van der Waals surface area contributed by atoms with Gasteiger partial charge >= 0.3 is 5.92 Å². The molecule has 2 N–H and O–H groups in total. The molecular weight excluding hydrogens is 378 g/mol. The van der Waals surface area contributed by atoms with E-state index in [1.807, 2.05) is 32.1 Å². The predicted molar refractivity (Wildman–Crippen MR) is 106 cm³/mol. The average Bonchev–Trinajstić information content (AvgIpc) is 2.97. The number of carbonyl (C=O) groups is 1. The first kappa shape index (κ1) is 20.8. The van der Waals surface area contributed by atoms with Crippen molar-refractivity contribution in [3.63, 3.8) is 0 Å². The third kappa shape index (κ3) is 4.56. The third-order valence-corrected chi connectivity index (χ3v) is 4.44. The number of aromatic nitrogens is 4. The SMILES string of the molecule is CCc1cc(-n2cc(CN(C)C)c3cnc(CC(N)=O)cc32)nc(C(C)(F)F)n1. The van der Waals surface area contributed by atoms with Crippen molar-refractivity contribution in [2.24, 2.45) is 5.73 Å². The molecule has 0 saturated heterocycles. The normalized spacial score (nSPS) is 12.1. The van der Waals surface area contributed by atoms with Crippen LogP contribution in [-0.2, 0) is 30.1 Å². The molecule has 3 aromatic rings. The fourth-order valence-corrected chi connectivity index (χ4v) is 3.14. The van der Waals surface area contributed by atoms with Crippen molar-refractivity contribution in [1.82, 2.24) is 24.4 Å². The summed E-state index contributed by atoms with van der Waals surface area (Å²) in [5, 5.41) is 0.855. The van der Waals surface area contributed by atoms with Gasteiger partial charge in [-0.05, 0) is 32.1 Å². The fourth-order valence-electron chi connectivity index (χ4n) is 3.14. The Balaban J connectivity index is 2.25. The van der Waals surface area contributed by atoms with Gasteiger partial charge in [-0.1, -0.05) is 6.92 Å². The number of aryl methyl sites for hydroxylation is 1. The van der Waals surface area contributed by atoms with E-state index in [2.05, 4.69) is 15.0 Å². The maximum atomic E-state index is 14.0. The molecule has 3 aromatic heterocycles. The largest absolute Gasteiger partial charge is 0.369 e. The van der Waals surface area contributed by atoms with Gasteiger partial charge in [-0.2, -0.15) is 8.78 Å². The zero-order valence-electron chi connectivity index (χ0n) is 16.9. The highest BCUT2D eigenvalue weighted by Crippen LogP contribution is 2.28. The summed E-state index contributed by atoms with van der Waals surface area (Å²) in [7, 11) is 3.88. The second-order valence-electron chi connectivity index (χ2n) is 7.38. The van der Waals surface area contributed by atoms with Crippen LogP contribution in [-0.4, -0.2) is 44.4 Å². The molecular formula is C20H24F2N6O. The fraction of sp³-hybridized carbons (Fsp3) is 0.400. The monoisotopic (exact) mass is 402 g/mol. The van der Waals surface area contributed by atoms with Crippen molar-refractivity contribution in [3.8, 4) is 5.82 Å². The number of alkyl halides is 2. The molecule has 0 aliphatic heterocycles. The van der Waals surface area contributed by atoms with Crippen molar-refractivity contribution in [2.45, 2.75) is 39.2 Å². The molecule has 9 heteroatoms. The summed E-state index contributed by atoms with van der Waals surface area (Å²) < 4.78 is 29.7. The van der Waals surface area contributed by atoms with E-state index < -0.39 is 17.7 Å². The minimum absolute atomic E-state index is 0.00754. The van der Waals surface area contributed by atoms with E-state index in [0.717, 1.165) is 23.4 Å². The van der Waals surface area contributed by atoms with Crippen LogP contribution in [0.15, 0.2) is 24.5 Å². The van der Waals surface area contributed by atoms with Gasteiger partial charge in [-0.15, -0.1) is 0 Å². The number of pyridine rings is 1. The zero-order chi connectivity index (χ0) is 21.3. The predicted octanol–water partition coefficient (Wildman–Crippen LogP) is 2.58. The molecule has 3 rings (SSSR count). The Labute approximate surface area is 167 Å². The minimum atomic E-state index is -3.16. The molecule has 0 fully saturated rings. The molecule has 0 aromatic carbocycles. The Morgan fingerprint density at radius 1 is 1.24 bits per heavy atom. The van der Waals surface area contributed by atoms with Crippen molar-refractivity contribution in [1.29, 1.82) is 0 Å². The highest BCUT2D eigenvalue weighted by atomic mass is 19.3. The van der Waals surface area contributed by atoms with E-state index in [1.54, 1.807) is 22.9 Å². The number of carbonyl (C=O) groups excluding carboxylic acids is 1. The number of nitrogens with two attached hydrogens (primary N) is 1. The van der Waals surface area contributed by atoms with Crippen LogP contribution in [0.3, 0.4) is 0 Å². The summed E-state index contributed by atoms with van der Waals surface area (Å²) in [5.41, 5.74) is 8.01. The second kappa shape index (κ2) is 7.82. The summed E-state index contributed by atoms with van der Waals surface area (Å²) in [5.74, 6) is -3.82. The molecule has 0 atom stereocenters. The number of halogens is 2. The molecule has 3 heterocycles. The molecule has 1 amide bonds. The van der Waals surface area contributed by atoms with E-state index in [0.29, 0.717) is 30.2 Å². The van der Waals surface area contributed by atoms with Crippen LogP contribution < -0.4 is 5.73 Å². The van der Waals surface area contributed by atoms with Gasteiger partial charge in [0.2, 0.25) is 11.7 Å². The van der Waals surface area contributed by atoms with Crippen LogP contribution in [0.1, 0.15) is 36.6 Å². The summed E-state index contributed by atoms with van der Waals surface area (Å²) in [6, 6.07) is 3.44. The van der Waals surface area contributed by atoms with Crippen molar-refractivity contribution < 1.29 is 13.6 Å². The van der Waals surface area contributed by atoms with Crippen LogP contribution in [0.4, 0.5) is 8.78 Å². The molecule has 154 valence electrons. The molecule has 29 heavy (non-hydrogen) atoms. The van der Waals surface area contributed by atoms with Crippen LogP contribution in [0.2, 0.25) is 0 Å². The van der Waals surface area contributed by atoms with Gasteiger partial charge in [-0.3, -0.25) is 9.78 Å². The van der Waals surface area contributed by atoms with Gasteiger partial charge < -0.3 is 15.2 Å². The lowest BCUT2D eigenvalue weighted by Gasteiger charge is -2.13. The Morgan fingerprint density at radius 2 is 1.97 bits per heavy atom. The van der Waals surface area contributed by atoms with E-state index in [1.165, 1.54) is 0 Å². The average molecular weight is 402 g/mol. The number of nitrogens with zero attached hydrogens (tertiary/aromatic N) is 5. The quantitative estimate of drug-likeness (QED) is 0.656. The molecule has 0 saturated carbocycles. The van der Waals surface area contributed by atoms with Gasteiger partial charge in [0.05, 0.1) is 17.6 Å². The number of primary amides is 1. The van der Waals surface area contributed by atoms with Crippen LogP contribution in [0, 0.1) is 0 Å². The molecule has 0 aliphatic rings. The van der Waals surface area contributed by atoms with E-state index in [9.17, 15) is 13.6 Å². The van der Waals surface area contributed by atoms with Crippen LogP contribution in [0.25, 0.3) is 16.7 Å². The van der Waals surface area contributed by atoms with Crippen molar-refractivity contribution in [3.05, 3.63) is 47.3 Å². The molecule has 0 aliphatic carbocycles. The highest BCUT2D eigenvalue weighted by Gasteiger charge is 2.29. The third-order valence-electron chi connectivity index (χ3n) is 4.44. The van der Waals surface area contributed by atoms with E-state index in [-0.39, 0.29) is 6.42 Å². The van der Waals surface area contributed by atoms with Gasteiger partial charge in [0.15, 0.2) is 0 Å². The summed E-state index contributed by atoms with van der Waals surface area (Å²) in [4.78, 5) is 25.8. The standard InChI is InChI=1S/C20H24F2N6O/c1-5-13-8-18(26-19(25-13)20(2,21)22)28-11-12(10-27(3)4)15-9-24-14(6-16(15)28)7-17(23)29/h6,8-9,11H,5,7,10H2,1-4H3,(H2,23,29).